The van der Waals surface area contributed by atoms with E-state index in [1.54, 1.807) is 32.4 Å². The summed E-state index contributed by atoms with van der Waals surface area (Å²) in [5.41, 5.74) is 1.40. The minimum Gasteiger partial charge on any atom is -0.493 e. The third kappa shape index (κ3) is 6.83. The molecule has 2 aromatic rings. The van der Waals surface area contributed by atoms with Crippen LogP contribution >= 0.6 is 11.6 Å². The first kappa shape index (κ1) is 22.8. The lowest BCUT2D eigenvalue weighted by atomic mass is 10.1. The van der Waals surface area contributed by atoms with Crippen molar-refractivity contribution < 1.29 is 22.7 Å². The van der Waals surface area contributed by atoms with Gasteiger partial charge in [-0.15, -0.1) is 0 Å². The van der Waals surface area contributed by atoms with Crippen LogP contribution in [0.1, 0.15) is 12.0 Å². The average Bonchev–Trinajstić information content (AvgIpc) is 2.68. The van der Waals surface area contributed by atoms with E-state index >= 15 is 0 Å². The van der Waals surface area contributed by atoms with Crippen LogP contribution < -0.4 is 19.1 Å². The molecular weight excluding hydrogens is 416 g/mol. The maximum absolute atomic E-state index is 12.3. The Labute approximate surface area is 176 Å². The SMILES string of the molecule is COc1ccc(CCCNC(=O)CN(c2cccc(Cl)c2)S(C)(=O)=O)cc1OC. The van der Waals surface area contributed by atoms with Crippen molar-refractivity contribution in [3.8, 4) is 11.5 Å². The van der Waals surface area contributed by atoms with Crippen molar-refractivity contribution in [3.63, 3.8) is 0 Å². The van der Waals surface area contributed by atoms with Crippen LogP contribution in [0.15, 0.2) is 42.5 Å². The number of aryl methyl sites for hydroxylation is 1. The molecular formula is C20H25ClN2O5S. The van der Waals surface area contributed by atoms with Crippen molar-refractivity contribution in [2.45, 2.75) is 12.8 Å². The maximum Gasteiger partial charge on any atom is 0.240 e. The molecule has 158 valence electrons. The number of anilines is 1. The summed E-state index contributed by atoms with van der Waals surface area (Å²) in [6.45, 7) is 0.107. The first-order valence-electron chi connectivity index (χ1n) is 8.95. The molecule has 0 bridgehead atoms. The zero-order valence-electron chi connectivity index (χ0n) is 16.6. The van der Waals surface area contributed by atoms with Gasteiger partial charge < -0.3 is 14.8 Å². The second-order valence-corrected chi connectivity index (χ2v) is 8.74. The van der Waals surface area contributed by atoms with Crippen molar-refractivity contribution in [2.24, 2.45) is 0 Å². The third-order valence-electron chi connectivity index (χ3n) is 4.20. The van der Waals surface area contributed by atoms with Gasteiger partial charge in [-0.1, -0.05) is 23.7 Å². The van der Waals surface area contributed by atoms with E-state index in [1.807, 2.05) is 18.2 Å². The van der Waals surface area contributed by atoms with Gasteiger partial charge in [-0.05, 0) is 48.7 Å². The van der Waals surface area contributed by atoms with E-state index in [4.69, 9.17) is 21.1 Å². The molecule has 7 nitrogen and oxygen atoms in total. The lowest BCUT2D eigenvalue weighted by Crippen LogP contribution is -2.40. The molecule has 29 heavy (non-hydrogen) atoms. The van der Waals surface area contributed by atoms with Crippen LogP contribution in [0, 0.1) is 0 Å². The summed E-state index contributed by atoms with van der Waals surface area (Å²) < 4.78 is 35.7. The zero-order valence-corrected chi connectivity index (χ0v) is 18.2. The van der Waals surface area contributed by atoms with Crippen LogP contribution in [-0.2, 0) is 21.2 Å². The number of carbonyl (C=O) groups is 1. The second-order valence-electron chi connectivity index (χ2n) is 6.39. The summed E-state index contributed by atoms with van der Waals surface area (Å²) in [5.74, 6) is 0.925. The Hall–Kier alpha value is -2.45. The number of nitrogens with zero attached hydrogens (tertiary/aromatic N) is 1. The Morgan fingerprint density at radius 3 is 2.45 bits per heavy atom. The van der Waals surface area contributed by atoms with Gasteiger partial charge in [-0.25, -0.2) is 8.42 Å². The molecule has 0 radical (unpaired) electrons. The highest BCUT2D eigenvalue weighted by Gasteiger charge is 2.20. The van der Waals surface area contributed by atoms with E-state index in [2.05, 4.69) is 5.32 Å². The predicted molar refractivity (Wildman–Crippen MR) is 115 cm³/mol. The molecule has 0 aromatic heterocycles. The molecule has 0 aliphatic carbocycles. The number of ether oxygens (including phenoxy) is 2. The molecule has 0 atom stereocenters. The summed E-state index contributed by atoms with van der Waals surface area (Å²) >= 11 is 5.94. The van der Waals surface area contributed by atoms with Gasteiger partial charge in [0.15, 0.2) is 11.5 Å². The fourth-order valence-electron chi connectivity index (χ4n) is 2.77. The molecule has 1 N–H and O–H groups in total. The molecule has 0 aliphatic rings. The topological polar surface area (TPSA) is 84.9 Å². The van der Waals surface area contributed by atoms with Gasteiger partial charge in [0, 0.05) is 11.6 Å². The van der Waals surface area contributed by atoms with E-state index in [9.17, 15) is 13.2 Å². The second kappa shape index (κ2) is 10.4. The van der Waals surface area contributed by atoms with Crippen LogP contribution in [0.3, 0.4) is 0 Å². The molecule has 0 unspecified atom stereocenters. The molecule has 0 saturated heterocycles. The van der Waals surface area contributed by atoms with Crippen LogP contribution in [0.4, 0.5) is 5.69 Å². The van der Waals surface area contributed by atoms with Crippen molar-refractivity contribution in [1.29, 1.82) is 0 Å². The fraction of sp³-hybridized carbons (Fsp3) is 0.350. The molecule has 0 fully saturated rings. The Balaban J connectivity index is 1.90. The largest absolute Gasteiger partial charge is 0.493 e. The normalized spacial score (nSPS) is 11.0. The van der Waals surface area contributed by atoms with Crippen molar-refractivity contribution in [3.05, 3.63) is 53.1 Å². The molecule has 9 heteroatoms. The lowest BCUT2D eigenvalue weighted by molar-refractivity contribution is -0.119. The Morgan fingerprint density at radius 2 is 1.83 bits per heavy atom. The number of rotatable bonds is 10. The summed E-state index contributed by atoms with van der Waals surface area (Å²) in [6, 6.07) is 12.0. The highest BCUT2D eigenvalue weighted by Crippen LogP contribution is 2.28. The van der Waals surface area contributed by atoms with Crippen molar-refractivity contribution in [1.82, 2.24) is 5.32 Å². The van der Waals surface area contributed by atoms with Crippen LogP contribution in [0.5, 0.6) is 11.5 Å². The molecule has 0 spiro atoms. The van der Waals surface area contributed by atoms with E-state index < -0.39 is 10.0 Å². The molecule has 2 aromatic carbocycles. The predicted octanol–water partition coefficient (Wildman–Crippen LogP) is 2.87. The number of nitrogens with one attached hydrogen (secondary N) is 1. The van der Waals surface area contributed by atoms with Crippen LogP contribution in [0.25, 0.3) is 0 Å². The van der Waals surface area contributed by atoms with E-state index in [1.165, 1.54) is 6.07 Å². The van der Waals surface area contributed by atoms with Gasteiger partial charge in [0.2, 0.25) is 15.9 Å². The third-order valence-corrected chi connectivity index (χ3v) is 5.57. The number of carbonyl (C=O) groups excluding carboxylic acids is 1. The highest BCUT2D eigenvalue weighted by atomic mass is 35.5. The van der Waals surface area contributed by atoms with Crippen LogP contribution in [0.2, 0.25) is 5.02 Å². The number of hydrogen-bond acceptors (Lipinski definition) is 5. The maximum atomic E-state index is 12.3. The Bertz CT molecular complexity index is 950. The summed E-state index contributed by atoms with van der Waals surface area (Å²) in [6.07, 6.45) is 2.47. The lowest BCUT2D eigenvalue weighted by Gasteiger charge is -2.22. The number of hydrogen-bond donors (Lipinski definition) is 1. The van der Waals surface area contributed by atoms with E-state index in [-0.39, 0.29) is 12.5 Å². The molecule has 1 amide bonds. The van der Waals surface area contributed by atoms with E-state index in [0.29, 0.717) is 35.2 Å². The summed E-state index contributed by atoms with van der Waals surface area (Å²) in [5, 5.41) is 3.15. The molecule has 0 heterocycles. The van der Waals surface area contributed by atoms with Gasteiger partial charge in [0.05, 0.1) is 26.2 Å². The van der Waals surface area contributed by atoms with Gasteiger partial charge in [0.1, 0.15) is 6.54 Å². The number of sulfonamides is 1. The minimum absolute atomic E-state index is 0.310. The number of benzene rings is 2. The van der Waals surface area contributed by atoms with Crippen molar-refractivity contribution in [2.75, 3.05) is 37.9 Å². The Morgan fingerprint density at radius 1 is 1.10 bits per heavy atom. The first-order chi connectivity index (χ1) is 13.7. The number of methoxy groups -OCH3 is 2. The number of halogens is 1. The standard InChI is InChI=1S/C20H25ClN2O5S/c1-27-18-10-9-15(12-19(18)28-2)6-5-11-22-20(24)14-23(29(3,25)26)17-8-4-7-16(21)13-17/h4,7-10,12-13H,5-6,11,14H2,1-3H3,(H,22,24). The van der Waals surface area contributed by atoms with Crippen molar-refractivity contribution >= 4 is 33.2 Å². The molecule has 2 rings (SSSR count). The smallest absolute Gasteiger partial charge is 0.240 e. The highest BCUT2D eigenvalue weighted by molar-refractivity contribution is 7.92. The summed E-state index contributed by atoms with van der Waals surface area (Å²) in [4.78, 5) is 12.3. The monoisotopic (exact) mass is 440 g/mol. The molecule has 0 aliphatic heterocycles. The number of amides is 1. The van der Waals surface area contributed by atoms with Gasteiger partial charge in [0.25, 0.3) is 0 Å². The van der Waals surface area contributed by atoms with E-state index in [0.717, 1.165) is 22.5 Å². The summed E-state index contributed by atoms with van der Waals surface area (Å²) in [7, 11) is -0.471. The molecule has 0 saturated carbocycles. The minimum atomic E-state index is -3.63. The average molecular weight is 441 g/mol. The first-order valence-corrected chi connectivity index (χ1v) is 11.2. The van der Waals surface area contributed by atoms with Crippen LogP contribution in [-0.4, -0.2) is 47.9 Å². The fourth-order valence-corrected chi connectivity index (χ4v) is 3.81. The quantitative estimate of drug-likeness (QED) is 0.574. The zero-order chi connectivity index (χ0) is 21.4. The van der Waals surface area contributed by atoms with Gasteiger partial charge in [-0.3, -0.25) is 9.10 Å². The van der Waals surface area contributed by atoms with Gasteiger partial charge in [-0.2, -0.15) is 0 Å². The Kier molecular flexibility index (Phi) is 8.16. The van der Waals surface area contributed by atoms with Gasteiger partial charge >= 0.3 is 0 Å².